The first-order valence-electron chi connectivity index (χ1n) is 16.0. The van der Waals surface area contributed by atoms with Crippen molar-refractivity contribution in [1.29, 1.82) is 0 Å². The molecular weight excluding hydrogens is 680 g/mol. The molecule has 0 unspecified atom stereocenters. The van der Waals surface area contributed by atoms with E-state index in [1.165, 1.54) is 39.9 Å². The molecule has 45 heavy (non-hydrogen) atoms. The Kier molecular flexibility index (Phi) is 13.0. The summed E-state index contributed by atoms with van der Waals surface area (Å²) in [5.41, 5.74) is 9.94. The summed E-state index contributed by atoms with van der Waals surface area (Å²) in [6, 6.07) is 36.3. The Morgan fingerprint density at radius 3 is 1.64 bits per heavy atom. The molecule has 0 amide bonds. The Morgan fingerprint density at radius 1 is 0.689 bits per heavy atom. The zero-order chi connectivity index (χ0) is 32.5. The zero-order valence-electron chi connectivity index (χ0n) is 27.7. The van der Waals surface area contributed by atoms with Gasteiger partial charge in [0.15, 0.2) is 0 Å². The van der Waals surface area contributed by atoms with E-state index in [-0.39, 0.29) is 11.0 Å². The van der Waals surface area contributed by atoms with Crippen molar-refractivity contribution in [2.45, 2.75) is 86.0 Å². The second-order valence-corrected chi connectivity index (χ2v) is 19.0. The van der Waals surface area contributed by atoms with Crippen LogP contribution >= 0.6 is 19.4 Å². The normalized spacial score (nSPS) is 15.4. The maximum absolute atomic E-state index is 6.12. The number of rotatable bonds is 10. The predicted molar refractivity (Wildman–Crippen MR) is 194 cm³/mol. The molecule has 0 aliphatic carbocycles. The monoisotopic (exact) mass is 729 g/mol. The molecule has 0 saturated carbocycles. The van der Waals surface area contributed by atoms with Gasteiger partial charge in [-0.1, -0.05) is 52.3 Å². The molecule has 5 heteroatoms. The molecule has 0 radical (unpaired) electrons. The first kappa shape index (κ1) is 35.6. The van der Waals surface area contributed by atoms with Crippen molar-refractivity contribution in [3.63, 3.8) is 0 Å². The molecule has 0 bridgehead atoms. The van der Waals surface area contributed by atoms with Crippen LogP contribution in [0.4, 0.5) is 5.69 Å². The van der Waals surface area contributed by atoms with Gasteiger partial charge in [-0.2, -0.15) is 0 Å². The minimum absolute atomic E-state index is 0.207. The molecule has 1 fully saturated rings. The topological polar surface area (TPSA) is 6.48 Å². The minimum atomic E-state index is -1.85. The molecule has 242 valence electrons. The van der Waals surface area contributed by atoms with Crippen LogP contribution in [0.15, 0.2) is 103 Å². The van der Waals surface area contributed by atoms with Crippen molar-refractivity contribution < 1.29 is 13.5 Å². The summed E-state index contributed by atoms with van der Waals surface area (Å²) in [7, 11) is 12.2. The van der Waals surface area contributed by atoms with E-state index in [4.69, 9.17) is 19.4 Å². The molecule has 1 aliphatic rings. The summed E-state index contributed by atoms with van der Waals surface area (Å²) in [6.07, 6.45) is 3.41. The molecule has 0 spiro atoms. The number of para-hydroxylation sites is 1. The maximum atomic E-state index is 6.12. The van der Waals surface area contributed by atoms with Crippen molar-refractivity contribution in [2.75, 3.05) is 4.90 Å². The molecule has 4 aromatic rings. The number of nitrogens with zero attached hydrogens (tertiary/aromatic N) is 2. The van der Waals surface area contributed by atoms with Gasteiger partial charge in [-0.3, -0.25) is 0 Å². The number of hydrogen-bond acceptors (Lipinski definition) is 2. The number of anilines is 1. The standard InChI is InChI=1S/C22H21N.C18H28N.2ClH.Ru/c1-19-10-8-9-15-22(19)18-23(16-20-11-4-2-5-12-20)17-21-13-6-3-7-14-21;1-7-14-10-9-11-15(8-2)16(14)19-13-17(3,4)12-18(19,5)6;;;/h1-15H,16-18H2;9-11,13H,7-8,12H2,1-6H3;2*1H;/q;-1;;;+2/p-2. The van der Waals surface area contributed by atoms with Crippen LogP contribution in [0.2, 0.25) is 0 Å². The van der Waals surface area contributed by atoms with Gasteiger partial charge in [-0.05, 0) is 37.8 Å². The van der Waals surface area contributed by atoms with Gasteiger partial charge in [0.1, 0.15) is 0 Å². The van der Waals surface area contributed by atoms with Gasteiger partial charge in [0.2, 0.25) is 0 Å². The van der Waals surface area contributed by atoms with E-state index in [1.807, 2.05) is 10.7 Å². The van der Waals surface area contributed by atoms with E-state index in [9.17, 15) is 0 Å². The van der Waals surface area contributed by atoms with E-state index < -0.39 is 13.5 Å². The van der Waals surface area contributed by atoms with Crippen molar-refractivity contribution in [1.82, 2.24) is 4.90 Å². The molecule has 2 nitrogen and oxygen atoms in total. The average molecular weight is 730 g/mol. The number of benzene rings is 4. The Balaban J connectivity index is 0.000000215. The molecule has 4 aromatic carbocycles. The van der Waals surface area contributed by atoms with Crippen molar-refractivity contribution in [2.24, 2.45) is 5.41 Å². The summed E-state index contributed by atoms with van der Waals surface area (Å²) >= 11 is -1.85. The van der Waals surface area contributed by atoms with E-state index in [2.05, 4.69) is 155 Å². The van der Waals surface area contributed by atoms with Crippen LogP contribution in [0, 0.1) is 12.0 Å². The van der Waals surface area contributed by atoms with E-state index in [0.717, 1.165) is 38.0 Å². The van der Waals surface area contributed by atoms with Crippen LogP contribution < -0.4 is 4.90 Å². The quantitative estimate of drug-likeness (QED) is 0.118. The predicted octanol–water partition coefficient (Wildman–Crippen LogP) is 11.0. The number of halogens is 2. The van der Waals surface area contributed by atoms with Crippen molar-refractivity contribution in [3.05, 3.63) is 143 Å². The molecule has 1 heterocycles. The molecular formula is C40H49Cl2N2Ru-. The van der Waals surface area contributed by atoms with Gasteiger partial charge in [-0.15, -0.1) is 5.41 Å². The van der Waals surface area contributed by atoms with Gasteiger partial charge >= 0.3 is 169 Å². The Bertz CT molecular complexity index is 1460. The number of aryl methyl sites for hydroxylation is 2. The Morgan fingerprint density at radius 2 is 1.18 bits per heavy atom. The summed E-state index contributed by atoms with van der Waals surface area (Å²) in [5, 5.41) is 0. The van der Waals surface area contributed by atoms with Crippen LogP contribution in [-0.2, 0) is 46.0 Å². The Labute approximate surface area is 285 Å². The molecule has 0 aromatic heterocycles. The summed E-state index contributed by atoms with van der Waals surface area (Å²) < 4.78 is 2.03. The van der Waals surface area contributed by atoms with Crippen LogP contribution in [0.5, 0.6) is 0 Å². The van der Waals surface area contributed by atoms with Gasteiger partial charge < -0.3 is 4.90 Å². The van der Waals surface area contributed by atoms with E-state index >= 15 is 0 Å². The van der Waals surface area contributed by atoms with Crippen molar-refractivity contribution >= 4 is 29.7 Å². The molecule has 0 N–H and O–H groups in total. The van der Waals surface area contributed by atoms with Gasteiger partial charge in [0, 0.05) is 11.2 Å². The summed E-state index contributed by atoms with van der Waals surface area (Å²) in [5.74, 6) is 0. The summed E-state index contributed by atoms with van der Waals surface area (Å²) in [6.45, 7) is 19.0. The van der Waals surface area contributed by atoms with E-state index in [1.54, 1.807) is 0 Å². The van der Waals surface area contributed by atoms with Crippen LogP contribution in [0.25, 0.3) is 0 Å². The second-order valence-electron chi connectivity index (χ2n) is 13.2. The third-order valence-corrected chi connectivity index (χ3v) is 10.2. The Hall–Kier alpha value is -2.29. The molecule has 5 rings (SSSR count). The van der Waals surface area contributed by atoms with Crippen LogP contribution in [-0.4, -0.2) is 15.0 Å². The number of hydrogen-bond donors (Lipinski definition) is 0. The molecule has 0 atom stereocenters. The molecule has 1 aliphatic heterocycles. The summed E-state index contributed by atoms with van der Waals surface area (Å²) in [4.78, 5) is 5.00. The van der Waals surface area contributed by atoms with Crippen molar-refractivity contribution in [3.8, 4) is 0 Å². The zero-order valence-corrected chi connectivity index (χ0v) is 31.0. The fourth-order valence-electron chi connectivity index (χ4n) is 6.61. The first-order valence-corrected chi connectivity index (χ1v) is 21.5. The third-order valence-electron chi connectivity index (χ3n) is 8.36. The first-order chi connectivity index (χ1) is 21.5. The molecule has 1 saturated heterocycles. The van der Waals surface area contributed by atoms with Gasteiger partial charge in [0.05, 0.1) is 0 Å². The fraction of sp³-hybridized carbons (Fsp3) is 0.350. The average Bonchev–Trinajstić information content (AvgIpc) is 3.24. The SMILES string of the molecule is CCc1cccc(CC)c1N1[CH-]C(C)(C)CC1(C)C.[Cl][Ru]([Cl])=[CH]c1ccccc1CN(Cc1ccccc1)Cc1ccccc1. The van der Waals surface area contributed by atoms with E-state index in [0.29, 0.717) is 0 Å². The van der Waals surface area contributed by atoms with Crippen LogP contribution in [0.1, 0.15) is 81.3 Å². The van der Waals surface area contributed by atoms with Gasteiger partial charge in [-0.25, -0.2) is 6.54 Å². The van der Waals surface area contributed by atoms with Gasteiger partial charge in [0.25, 0.3) is 0 Å². The third kappa shape index (κ3) is 10.4. The second kappa shape index (κ2) is 16.5. The fourth-order valence-corrected chi connectivity index (χ4v) is 8.50. The van der Waals surface area contributed by atoms with Crippen LogP contribution in [0.3, 0.4) is 0 Å².